The zero-order valence-electron chi connectivity index (χ0n) is 8.37. The molecule has 0 spiro atoms. The van der Waals surface area contributed by atoms with Gasteiger partial charge in [-0.15, -0.1) is 0 Å². The Balaban J connectivity index is 2.49. The molecule has 0 saturated carbocycles. The maximum atomic E-state index is 11.8. The summed E-state index contributed by atoms with van der Waals surface area (Å²) in [6.45, 7) is 0. The van der Waals surface area contributed by atoms with Crippen LogP contribution >= 0.6 is 35.4 Å². The van der Waals surface area contributed by atoms with E-state index in [-0.39, 0.29) is 11.5 Å². The molecule has 1 aliphatic heterocycles. The van der Waals surface area contributed by atoms with Gasteiger partial charge in [-0.2, -0.15) is 0 Å². The average Bonchev–Trinajstić information content (AvgIpc) is 2.21. The van der Waals surface area contributed by atoms with Crippen LogP contribution in [0.5, 0.6) is 0 Å². The molecule has 1 aliphatic rings. The van der Waals surface area contributed by atoms with E-state index in [1.54, 1.807) is 18.2 Å². The topological polar surface area (TPSA) is 49.4 Å². The third-order valence-corrected chi connectivity index (χ3v) is 3.07. The summed E-state index contributed by atoms with van der Waals surface area (Å²) in [6, 6.07) is 4.84. The quantitative estimate of drug-likeness (QED) is 0.636. The Morgan fingerprint density at radius 1 is 1.24 bits per heavy atom. The molecule has 1 aromatic carbocycles. The molecule has 2 amide bonds. The summed E-state index contributed by atoms with van der Waals surface area (Å²) < 4.78 is 0. The number of benzene rings is 1. The molecule has 1 aromatic rings. The third kappa shape index (κ3) is 2.26. The van der Waals surface area contributed by atoms with E-state index in [0.29, 0.717) is 15.7 Å². The summed E-state index contributed by atoms with van der Waals surface area (Å²) >= 11 is 16.9. The zero-order chi connectivity index (χ0) is 12.6. The molecule has 7 heteroatoms. The number of nitrogens with one attached hydrogen (secondary N) is 1. The Bertz CT molecular complexity index is 493. The molecule has 0 unspecified atom stereocenters. The minimum absolute atomic E-state index is 0.0127. The van der Waals surface area contributed by atoms with E-state index in [1.807, 2.05) is 0 Å². The predicted molar refractivity (Wildman–Crippen MR) is 69.3 cm³/mol. The van der Waals surface area contributed by atoms with E-state index in [1.165, 1.54) is 0 Å². The predicted octanol–water partition coefficient (Wildman–Crippen LogP) is 2.13. The summed E-state index contributed by atoms with van der Waals surface area (Å²) in [4.78, 5) is 24.0. The Kier molecular flexibility index (Phi) is 3.33. The van der Waals surface area contributed by atoms with Gasteiger partial charge in [-0.25, -0.2) is 0 Å². The van der Waals surface area contributed by atoms with E-state index < -0.39 is 11.8 Å². The van der Waals surface area contributed by atoms with Crippen molar-refractivity contribution in [2.75, 3.05) is 4.90 Å². The van der Waals surface area contributed by atoms with Crippen LogP contribution in [0.4, 0.5) is 5.69 Å². The Morgan fingerprint density at radius 3 is 2.35 bits per heavy atom. The van der Waals surface area contributed by atoms with E-state index in [0.717, 1.165) is 4.90 Å². The number of rotatable bonds is 1. The Labute approximate surface area is 112 Å². The number of thiocarbonyl (C=S) groups is 1. The Hall–Kier alpha value is -1.17. The van der Waals surface area contributed by atoms with Crippen molar-refractivity contribution in [1.29, 1.82) is 0 Å². The standard InChI is InChI=1S/C10H6Cl2N2O2S/c11-5-2-1-3-6(12)9(5)14-8(16)4-7(15)13-10(14)17/h1-3H,4H2,(H,13,15,17). The fraction of sp³-hybridized carbons (Fsp3) is 0.100. The number of carbonyl (C=O) groups is 2. The van der Waals surface area contributed by atoms with Gasteiger partial charge in [0, 0.05) is 0 Å². The van der Waals surface area contributed by atoms with Crippen molar-refractivity contribution in [1.82, 2.24) is 5.32 Å². The molecule has 1 fully saturated rings. The van der Waals surface area contributed by atoms with Gasteiger partial charge >= 0.3 is 0 Å². The lowest BCUT2D eigenvalue weighted by Gasteiger charge is -2.28. The molecular formula is C10H6Cl2N2O2S. The monoisotopic (exact) mass is 288 g/mol. The fourth-order valence-corrected chi connectivity index (χ4v) is 2.35. The van der Waals surface area contributed by atoms with Gasteiger partial charge in [0.1, 0.15) is 6.42 Å². The first-order valence-corrected chi connectivity index (χ1v) is 5.78. The lowest BCUT2D eigenvalue weighted by atomic mass is 10.2. The second-order valence-corrected chi connectivity index (χ2v) is 4.53. The number of halogens is 2. The lowest BCUT2D eigenvalue weighted by molar-refractivity contribution is -0.127. The van der Waals surface area contributed by atoms with Gasteiger partial charge in [0.2, 0.25) is 11.8 Å². The van der Waals surface area contributed by atoms with Gasteiger partial charge in [-0.1, -0.05) is 29.3 Å². The number of hydrogen-bond donors (Lipinski definition) is 1. The van der Waals surface area contributed by atoms with E-state index in [2.05, 4.69) is 5.32 Å². The minimum Gasteiger partial charge on any atom is -0.302 e. The molecule has 17 heavy (non-hydrogen) atoms. The molecule has 1 heterocycles. The molecule has 88 valence electrons. The maximum Gasteiger partial charge on any atom is 0.242 e. The molecule has 0 radical (unpaired) electrons. The van der Waals surface area contributed by atoms with E-state index in [9.17, 15) is 9.59 Å². The molecule has 1 N–H and O–H groups in total. The summed E-state index contributed by atoms with van der Waals surface area (Å²) in [5.41, 5.74) is 0.297. The molecule has 0 atom stereocenters. The van der Waals surface area contributed by atoms with Crippen molar-refractivity contribution in [3.8, 4) is 0 Å². The number of anilines is 1. The van der Waals surface area contributed by atoms with Gasteiger partial charge in [-0.3, -0.25) is 14.5 Å². The first-order valence-electron chi connectivity index (χ1n) is 4.61. The fourth-order valence-electron chi connectivity index (χ4n) is 1.48. The average molecular weight is 289 g/mol. The lowest BCUT2D eigenvalue weighted by Crippen LogP contribution is -2.53. The summed E-state index contributed by atoms with van der Waals surface area (Å²) in [5.74, 6) is -0.881. The highest BCUT2D eigenvalue weighted by molar-refractivity contribution is 7.80. The molecule has 1 saturated heterocycles. The smallest absolute Gasteiger partial charge is 0.242 e. The summed E-state index contributed by atoms with van der Waals surface area (Å²) in [5, 5.41) is 2.97. The van der Waals surface area contributed by atoms with Crippen molar-refractivity contribution < 1.29 is 9.59 Å². The molecule has 0 aliphatic carbocycles. The Morgan fingerprint density at radius 2 is 1.82 bits per heavy atom. The number of para-hydroxylation sites is 1. The van der Waals surface area contributed by atoms with Crippen LogP contribution in [0.15, 0.2) is 18.2 Å². The van der Waals surface area contributed by atoms with Crippen LogP contribution in [0.2, 0.25) is 10.0 Å². The number of nitrogens with zero attached hydrogens (tertiary/aromatic N) is 1. The number of hydrogen-bond acceptors (Lipinski definition) is 3. The third-order valence-electron chi connectivity index (χ3n) is 2.17. The second kappa shape index (κ2) is 4.60. The van der Waals surface area contributed by atoms with Gasteiger partial charge in [0.05, 0.1) is 15.7 Å². The molecule has 2 rings (SSSR count). The minimum atomic E-state index is -0.450. The molecule has 0 aromatic heterocycles. The van der Waals surface area contributed by atoms with Crippen LogP contribution < -0.4 is 10.2 Å². The first kappa shape index (κ1) is 12.3. The first-order chi connectivity index (χ1) is 8.00. The van der Waals surface area contributed by atoms with Gasteiger partial charge in [-0.05, 0) is 24.4 Å². The van der Waals surface area contributed by atoms with Crippen LogP contribution in [0.1, 0.15) is 6.42 Å². The van der Waals surface area contributed by atoms with E-state index >= 15 is 0 Å². The van der Waals surface area contributed by atoms with Gasteiger partial charge in [0.25, 0.3) is 0 Å². The second-order valence-electron chi connectivity index (χ2n) is 3.33. The maximum absolute atomic E-state index is 11.8. The van der Waals surface area contributed by atoms with Crippen LogP contribution in [-0.4, -0.2) is 16.9 Å². The van der Waals surface area contributed by atoms with Crippen LogP contribution in [0, 0.1) is 0 Å². The van der Waals surface area contributed by atoms with Crippen molar-refractivity contribution in [2.45, 2.75) is 6.42 Å². The highest BCUT2D eigenvalue weighted by atomic mass is 35.5. The molecule has 0 bridgehead atoms. The van der Waals surface area contributed by atoms with Crippen LogP contribution in [-0.2, 0) is 9.59 Å². The normalized spacial score (nSPS) is 16.1. The molecular weight excluding hydrogens is 283 g/mol. The highest BCUT2D eigenvalue weighted by Crippen LogP contribution is 2.34. The number of amides is 2. The van der Waals surface area contributed by atoms with Gasteiger partial charge < -0.3 is 5.32 Å². The van der Waals surface area contributed by atoms with Crippen LogP contribution in [0.25, 0.3) is 0 Å². The summed E-state index contributed by atoms with van der Waals surface area (Å²) in [6.07, 6.45) is -0.276. The van der Waals surface area contributed by atoms with E-state index in [4.69, 9.17) is 35.4 Å². The number of carbonyl (C=O) groups excluding carboxylic acids is 2. The van der Waals surface area contributed by atoms with Crippen molar-refractivity contribution in [2.24, 2.45) is 0 Å². The zero-order valence-corrected chi connectivity index (χ0v) is 10.7. The largest absolute Gasteiger partial charge is 0.302 e. The molecule has 4 nitrogen and oxygen atoms in total. The highest BCUT2D eigenvalue weighted by Gasteiger charge is 2.31. The van der Waals surface area contributed by atoms with Crippen molar-refractivity contribution in [3.63, 3.8) is 0 Å². The van der Waals surface area contributed by atoms with Crippen molar-refractivity contribution >= 4 is 58.0 Å². The van der Waals surface area contributed by atoms with Crippen molar-refractivity contribution in [3.05, 3.63) is 28.2 Å². The SMILES string of the molecule is O=C1CC(=O)N(c2c(Cl)cccc2Cl)C(=S)N1. The van der Waals surface area contributed by atoms with Crippen LogP contribution in [0.3, 0.4) is 0 Å². The van der Waals surface area contributed by atoms with Gasteiger partial charge in [0.15, 0.2) is 5.11 Å². The summed E-state index contributed by atoms with van der Waals surface area (Å²) in [7, 11) is 0.